The van der Waals surface area contributed by atoms with Crippen LogP contribution in [0.25, 0.3) is 11.2 Å². The van der Waals surface area contributed by atoms with E-state index in [2.05, 4.69) is 35.4 Å². The summed E-state index contributed by atoms with van der Waals surface area (Å²) in [6, 6.07) is 0. The Balaban J connectivity index is 1.27. The molecule has 0 radical (unpaired) electrons. The van der Waals surface area contributed by atoms with E-state index in [1.807, 2.05) is 11.9 Å². The maximum Gasteiger partial charge on any atom is 0.519 e. The second-order valence-electron chi connectivity index (χ2n) is 8.22. The normalized spacial score (nSPS) is 19.8. The topological polar surface area (TPSA) is 164 Å². The standard InChI is InChI=1S/C21H26N7O6P/c1-4-21(6-5-14(34-21)28-11-24-15-16(22)25-18(35)26-17(15)28)10-31-19(29)23-7-8-27(3)9-13-12(2)32-20(30)33-13/h1,11,14H,5-10,35H2,2-3H3,(H,23,29)(H2,22,25,26)/t14-,21+/m1/s1. The van der Waals surface area contributed by atoms with Crippen LogP contribution in [-0.2, 0) is 16.0 Å². The van der Waals surface area contributed by atoms with Crippen molar-refractivity contribution in [2.24, 2.45) is 0 Å². The van der Waals surface area contributed by atoms with Crippen molar-refractivity contribution in [1.82, 2.24) is 29.7 Å². The second kappa shape index (κ2) is 10.0. The van der Waals surface area contributed by atoms with Crippen LogP contribution in [-0.4, -0.2) is 62.9 Å². The number of nitrogens with one attached hydrogen (secondary N) is 1. The molecule has 0 aromatic carbocycles. The first kappa shape index (κ1) is 24.7. The third kappa shape index (κ3) is 5.45. The van der Waals surface area contributed by atoms with Gasteiger partial charge >= 0.3 is 11.9 Å². The van der Waals surface area contributed by atoms with Gasteiger partial charge in [0.15, 0.2) is 22.8 Å². The van der Waals surface area contributed by atoms with Gasteiger partial charge in [0.05, 0.1) is 12.9 Å². The number of hydrogen-bond acceptors (Lipinski definition) is 11. The third-order valence-electron chi connectivity index (χ3n) is 5.64. The number of nitrogens with two attached hydrogens (primary N) is 1. The second-order valence-corrected chi connectivity index (χ2v) is 8.73. The number of terminal acetylenes is 1. The molecule has 186 valence electrons. The zero-order valence-corrected chi connectivity index (χ0v) is 20.5. The van der Waals surface area contributed by atoms with E-state index in [4.69, 9.17) is 30.5 Å². The van der Waals surface area contributed by atoms with Gasteiger partial charge in [-0.25, -0.2) is 24.5 Å². The molecular weight excluding hydrogens is 477 g/mol. The highest BCUT2D eigenvalue weighted by atomic mass is 31.0. The summed E-state index contributed by atoms with van der Waals surface area (Å²) in [5.74, 6) is 3.04. The molecule has 1 saturated heterocycles. The molecule has 0 aliphatic carbocycles. The quantitative estimate of drug-likeness (QED) is 0.321. The van der Waals surface area contributed by atoms with Gasteiger partial charge in [-0.05, 0) is 26.8 Å². The van der Waals surface area contributed by atoms with Crippen molar-refractivity contribution in [3.05, 3.63) is 28.5 Å². The molecule has 3 atom stereocenters. The van der Waals surface area contributed by atoms with Gasteiger partial charge in [0.2, 0.25) is 0 Å². The molecule has 1 aliphatic rings. The van der Waals surface area contributed by atoms with Crippen molar-refractivity contribution in [3.8, 4) is 12.3 Å². The molecule has 3 aromatic heterocycles. The van der Waals surface area contributed by atoms with Gasteiger partial charge < -0.3 is 29.4 Å². The van der Waals surface area contributed by atoms with E-state index in [-0.39, 0.29) is 12.4 Å². The van der Waals surface area contributed by atoms with E-state index in [9.17, 15) is 9.59 Å². The molecule has 1 fully saturated rings. The number of imidazole rings is 1. The van der Waals surface area contributed by atoms with Crippen LogP contribution < -0.4 is 22.4 Å². The average Bonchev–Trinajstić information content (AvgIpc) is 3.49. The first-order valence-corrected chi connectivity index (χ1v) is 11.4. The SMILES string of the molecule is C#C[C@@]1(COC(=O)NCCN(C)Cc2oc(=O)oc2C)CC[C@H](n2cnc3c(N)nc(P)nc32)O1. The molecule has 0 saturated carbocycles. The molecule has 3 aromatic rings. The van der Waals surface area contributed by atoms with Crippen molar-refractivity contribution in [2.75, 3.05) is 32.5 Å². The Labute approximate surface area is 202 Å². The lowest BCUT2D eigenvalue weighted by molar-refractivity contribution is -0.0643. The number of nitrogen functional groups attached to an aromatic ring is 1. The van der Waals surface area contributed by atoms with Crippen LogP contribution in [0.3, 0.4) is 0 Å². The van der Waals surface area contributed by atoms with Crippen LogP contribution in [0.1, 0.15) is 30.6 Å². The van der Waals surface area contributed by atoms with Crippen molar-refractivity contribution in [3.63, 3.8) is 0 Å². The maximum atomic E-state index is 12.2. The minimum atomic E-state index is -1.08. The number of carbonyl (C=O) groups is 1. The lowest BCUT2D eigenvalue weighted by Crippen LogP contribution is -2.38. The Kier molecular flexibility index (Phi) is 7.07. The Morgan fingerprint density at radius 3 is 3.00 bits per heavy atom. The Bertz CT molecular complexity index is 1330. The Morgan fingerprint density at radius 1 is 1.49 bits per heavy atom. The molecule has 1 amide bonds. The van der Waals surface area contributed by atoms with Crippen LogP contribution >= 0.6 is 9.24 Å². The summed E-state index contributed by atoms with van der Waals surface area (Å²) in [5.41, 5.74) is 6.31. The predicted octanol–water partition coefficient (Wildman–Crippen LogP) is 0.303. The number of likely N-dealkylation sites (N-methyl/N-ethyl adjacent to an activating group) is 1. The molecule has 1 aliphatic heterocycles. The number of nitrogens with zero attached hydrogens (tertiary/aromatic N) is 5. The summed E-state index contributed by atoms with van der Waals surface area (Å²) in [6.07, 6.45) is 7.33. The van der Waals surface area contributed by atoms with Crippen molar-refractivity contribution < 1.29 is 23.1 Å². The average molecular weight is 503 g/mol. The van der Waals surface area contributed by atoms with Gasteiger partial charge in [-0.3, -0.25) is 9.47 Å². The van der Waals surface area contributed by atoms with Gasteiger partial charge in [-0.1, -0.05) is 15.2 Å². The number of alkyl carbamates (subject to hydrolysis) is 1. The van der Waals surface area contributed by atoms with Crippen LogP contribution in [0.15, 0.2) is 20.0 Å². The molecule has 3 N–H and O–H groups in total. The van der Waals surface area contributed by atoms with Crippen molar-refractivity contribution in [2.45, 2.75) is 38.1 Å². The van der Waals surface area contributed by atoms with E-state index >= 15 is 0 Å². The van der Waals surface area contributed by atoms with Crippen molar-refractivity contribution in [1.29, 1.82) is 0 Å². The van der Waals surface area contributed by atoms with E-state index in [1.165, 1.54) is 0 Å². The summed E-state index contributed by atoms with van der Waals surface area (Å²) < 4.78 is 23.0. The van der Waals surface area contributed by atoms with Crippen LogP contribution in [0.5, 0.6) is 0 Å². The Morgan fingerprint density at radius 2 is 2.29 bits per heavy atom. The lowest BCUT2D eigenvalue weighted by Gasteiger charge is -2.24. The summed E-state index contributed by atoms with van der Waals surface area (Å²) in [4.78, 5) is 38.0. The molecule has 0 spiro atoms. The largest absolute Gasteiger partial charge is 0.519 e. The zero-order chi connectivity index (χ0) is 25.2. The van der Waals surface area contributed by atoms with Gasteiger partial charge in [0, 0.05) is 13.1 Å². The number of amides is 1. The number of rotatable bonds is 8. The highest BCUT2D eigenvalue weighted by molar-refractivity contribution is 7.26. The van der Waals surface area contributed by atoms with E-state index in [0.717, 1.165) is 0 Å². The number of aromatic nitrogens is 4. The smallest absolute Gasteiger partial charge is 0.445 e. The molecule has 0 bridgehead atoms. The fourth-order valence-electron chi connectivity index (χ4n) is 3.78. The maximum absolute atomic E-state index is 12.2. The van der Waals surface area contributed by atoms with E-state index in [1.54, 1.807) is 17.8 Å². The zero-order valence-electron chi connectivity index (χ0n) is 19.3. The lowest BCUT2D eigenvalue weighted by atomic mass is 10.0. The summed E-state index contributed by atoms with van der Waals surface area (Å²) in [5, 5.41) is 2.67. The van der Waals surface area contributed by atoms with Gasteiger partial charge in [0.1, 0.15) is 29.7 Å². The number of ether oxygens (including phenoxy) is 2. The fourth-order valence-corrected chi connectivity index (χ4v) is 4.04. The first-order chi connectivity index (χ1) is 16.7. The molecule has 4 heterocycles. The molecule has 35 heavy (non-hydrogen) atoms. The minimum absolute atomic E-state index is 0.111. The number of hydrogen-bond donors (Lipinski definition) is 2. The fraction of sp³-hybridized carbons (Fsp3) is 0.476. The highest BCUT2D eigenvalue weighted by Crippen LogP contribution is 2.37. The minimum Gasteiger partial charge on any atom is -0.445 e. The first-order valence-electron chi connectivity index (χ1n) is 10.8. The van der Waals surface area contributed by atoms with E-state index in [0.29, 0.717) is 60.7 Å². The molecule has 4 rings (SSSR count). The summed E-state index contributed by atoms with van der Waals surface area (Å²) >= 11 is 0. The van der Waals surface area contributed by atoms with Gasteiger partial charge in [0.25, 0.3) is 0 Å². The molecular formula is C21H26N7O6P. The summed E-state index contributed by atoms with van der Waals surface area (Å²) in [6.45, 7) is 2.70. The van der Waals surface area contributed by atoms with Gasteiger partial charge in [-0.2, -0.15) is 0 Å². The third-order valence-corrected chi connectivity index (χ3v) is 5.90. The highest BCUT2D eigenvalue weighted by Gasteiger charge is 2.41. The van der Waals surface area contributed by atoms with Crippen molar-refractivity contribution >= 4 is 37.9 Å². The predicted molar refractivity (Wildman–Crippen MR) is 128 cm³/mol. The number of aryl methyl sites for hydroxylation is 1. The summed E-state index contributed by atoms with van der Waals surface area (Å²) in [7, 11) is 4.22. The molecule has 1 unspecified atom stereocenters. The molecule has 14 heteroatoms. The monoisotopic (exact) mass is 503 g/mol. The Hall–Kier alpha value is -3.46. The van der Waals surface area contributed by atoms with Gasteiger partial charge in [-0.15, -0.1) is 6.42 Å². The van der Waals surface area contributed by atoms with Crippen LogP contribution in [0.2, 0.25) is 0 Å². The van der Waals surface area contributed by atoms with Crippen LogP contribution in [0, 0.1) is 19.3 Å². The van der Waals surface area contributed by atoms with Crippen LogP contribution in [0.4, 0.5) is 10.6 Å². The van der Waals surface area contributed by atoms with E-state index < -0.39 is 23.7 Å². The number of carbonyl (C=O) groups excluding carboxylic acids is 1. The number of fused-ring (bicyclic) bond motifs is 1. The molecule has 13 nitrogen and oxygen atoms in total. The number of anilines is 1.